The Morgan fingerprint density at radius 1 is 0.392 bits per heavy atom. The van der Waals surface area contributed by atoms with E-state index in [4.69, 9.17) is 14.4 Å². The van der Waals surface area contributed by atoms with Crippen LogP contribution in [0, 0.1) is 0 Å². The van der Waals surface area contributed by atoms with Crippen molar-refractivity contribution in [2.24, 2.45) is 0 Å². The Labute approximate surface area is 292 Å². The smallest absolute Gasteiger partial charge is 0.235 e. The van der Waals surface area contributed by atoms with Gasteiger partial charge >= 0.3 is 0 Å². The van der Waals surface area contributed by atoms with Crippen molar-refractivity contribution < 1.29 is 4.42 Å². The number of benzene rings is 7. The average molecular weight is 653 g/mol. The van der Waals surface area contributed by atoms with Crippen molar-refractivity contribution in [2.75, 3.05) is 0 Å². The Kier molecular flexibility index (Phi) is 5.89. The van der Waals surface area contributed by atoms with Crippen LogP contribution in [0.4, 0.5) is 0 Å². The van der Waals surface area contributed by atoms with Crippen molar-refractivity contribution >= 4 is 65.7 Å². The molecule has 0 N–H and O–H groups in total. The average Bonchev–Trinajstić information content (AvgIpc) is 3.85. The second-order valence-electron chi connectivity index (χ2n) is 13.1. The lowest BCUT2D eigenvalue weighted by Gasteiger charge is -2.11. The van der Waals surface area contributed by atoms with Crippen LogP contribution in [0.2, 0.25) is 0 Å². The maximum absolute atomic E-state index is 6.06. The Morgan fingerprint density at radius 3 is 1.88 bits per heavy atom. The van der Waals surface area contributed by atoms with E-state index in [0.29, 0.717) is 11.5 Å². The second kappa shape index (κ2) is 10.8. The van der Waals surface area contributed by atoms with Crippen molar-refractivity contribution in [1.82, 2.24) is 19.1 Å². The van der Waals surface area contributed by atoms with E-state index in [1.54, 1.807) is 6.20 Å². The minimum atomic E-state index is 0.619. The quantitative estimate of drug-likeness (QED) is 0.190. The predicted molar refractivity (Wildman–Crippen MR) is 209 cm³/mol. The van der Waals surface area contributed by atoms with Crippen LogP contribution < -0.4 is 0 Å². The summed E-state index contributed by atoms with van der Waals surface area (Å²) in [6, 6.07) is 58.2. The fourth-order valence-electron chi connectivity index (χ4n) is 7.86. The number of para-hydroxylation sites is 3. The Balaban J connectivity index is 1.10. The molecule has 11 aromatic rings. The van der Waals surface area contributed by atoms with Gasteiger partial charge in [-0.15, -0.1) is 0 Å². The summed E-state index contributed by atoms with van der Waals surface area (Å²) in [5.74, 6) is 0.619. The molecule has 5 nitrogen and oxygen atoms in total. The third kappa shape index (κ3) is 4.22. The monoisotopic (exact) mass is 652 g/mol. The van der Waals surface area contributed by atoms with Gasteiger partial charge in [-0.3, -0.25) is 4.57 Å². The summed E-state index contributed by atoms with van der Waals surface area (Å²) in [5.41, 5.74) is 12.6. The lowest BCUT2D eigenvalue weighted by molar-refractivity contribution is 0.665. The summed E-state index contributed by atoms with van der Waals surface area (Å²) >= 11 is 0. The molecule has 0 aliphatic heterocycles. The number of fused-ring (bicyclic) bond motifs is 9. The van der Waals surface area contributed by atoms with Gasteiger partial charge in [0.1, 0.15) is 11.1 Å². The zero-order valence-corrected chi connectivity index (χ0v) is 27.4. The summed E-state index contributed by atoms with van der Waals surface area (Å²) in [6.07, 6.45) is 1.79. The number of furan rings is 1. The first-order valence-corrected chi connectivity index (χ1v) is 17.2. The molecule has 0 aliphatic carbocycles. The topological polar surface area (TPSA) is 48.8 Å². The summed E-state index contributed by atoms with van der Waals surface area (Å²) in [5, 5.41) is 5.75. The van der Waals surface area contributed by atoms with E-state index in [1.807, 2.05) is 18.2 Å². The molecule has 0 saturated heterocycles. The van der Waals surface area contributed by atoms with Crippen molar-refractivity contribution in [3.63, 3.8) is 0 Å². The number of hydrogen-bond acceptors (Lipinski definition) is 3. The molecular formula is C46H28N4O. The molecule has 51 heavy (non-hydrogen) atoms. The lowest BCUT2D eigenvalue weighted by atomic mass is 10.0. The van der Waals surface area contributed by atoms with Crippen molar-refractivity contribution in [3.05, 3.63) is 170 Å². The Morgan fingerprint density at radius 2 is 1.02 bits per heavy atom. The normalized spacial score (nSPS) is 11.9. The summed E-state index contributed by atoms with van der Waals surface area (Å²) in [6.45, 7) is 0. The van der Waals surface area contributed by atoms with E-state index < -0.39 is 0 Å². The molecule has 4 aromatic heterocycles. The zero-order valence-electron chi connectivity index (χ0n) is 27.4. The van der Waals surface area contributed by atoms with Crippen LogP contribution in [-0.4, -0.2) is 19.1 Å². The highest BCUT2D eigenvalue weighted by Gasteiger charge is 2.18. The van der Waals surface area contributed by atoms with Crippen molar-refractivity contribution in [1.29, 1.82) is 0 Å². The molecule has 0 unspecified atom stereocenters. The van der Waals surface area contributed by atoms with Crippen LogP contribution in [0.5, 0.6) is 0 Å². The van der Waals surface area contributed by atoms with Gasteiger partial charge in [-0.2, -0.15) is 0 Å². The first-order chi connectivity index (χ1) is 25.3. The van der Waals surface area contributed by atoms with Crippen LogP contribution >= 0.6 is 0 Å². The van der Waals surface area contributed by atoms with Crippen LogP contribution in [0.15, 0.2) is 174 Å². The van der Waals surface area contributed by atoms with E-state index in [-0.39, 0.29) is 0 Å². The standard InChI is InChI=1S/C46H28N4O/c1-2-11-29(12-3-1)30-13-10-14-33(25-30)49-39-18-7-5-16-35(39)38-26-31(22-24-41(38)49)32-21-23-36-34-15-4-8-19-40(34)50(42(36)27-32)46-47-28-44-45(48-46)37-17-6-9-20-43(37)51-44/h1-28H. The molecule has 0 fully saturated rings. The SMILES string of the molecule is c1ccc(-c2cccc(-n3c4ccccc4c4cc(-c5ccc6c7ccccc7n(-c7ncc8oc9ccccc9c8n7)c6c5)ccc43)c2)cc1. The first kappa shape index (κ1) is 27.9. The van der Waals surface area contributed by atoms with E-state index in [2.05, 4.69) is 155 Å². The molecular weight excluding hydrogens is 625 g/mol. The molecule has 0 atom stereocenters. The summed E-state index contributed by atoms with van der Waals surface area (Å²) in [7, 11) is 0. The maximum atomic E-state index is 6.06. The zero-order chi connectivity index (χ0) is 33.5. The van der Waals surface area contributed by atoms with Gasteiger partial charge in [0, 0.05) is 32.6 Å². The molecule has 0 bridgehead atoms. The molecule has 0 spiro atoms. The van der Waals surface area contributed by atoms with E-state index in [1.165, 1.54) is 32.9 Å². The van der Waals surface area contributed by atoms with Gasteiger partial charge in [0.05, 0.1) is 28.3 Å². The van der Waals surface area contributed by atoms with Gasteiger partial charge in [0.15, 0.2) is 5.58 Å². The second-order valence-corrected chi connectivity index (χ2v) is 13.1. The molecule has 7 aromatic carbocycles. The molecule has 0 radical (unpaired) electrons. The predicted octanol–water partition coefficient (Wildman–Crippen LogP) is 11.9. The van der Waals surface area contributed by atoms with Gasteiger partial charge in [-0.05, 0) is 76.9 Å². The van der Waals surface area contributed by atoms with Crippen LogP contribution in [0.3, 0.4) is 0 Å². The number of hydrogen-bond donors (Lipinski definition) is 0. The summed E-state index contributed by atoms with van der Waals surface area (Å²) in [4.78, 5) is 9.93. The summed E-state index contributed by atoms with van der Waals surface area (Å²) < 4.78 is 10.6. The number of rotatable bonds is 4. The van der Waals surface area contributed by atoms with E-state index in [0.717, 1.165) is 55.1 Å². The van der Waals surface area contributed by atoms with E-state index in [9.17, 15) is 0 Å². The molecule has 4 heterocycles. The highest BCUT2D eigenvalue weighted by atomic mass is 16.3. The first-order valence-electron chi connectivity index (χ1n) is 17.2. The maximum Gasteiger partial charge on any atom is 0.235 e. The largest absolute Gasteiger partial charge is 0.453 e. The highest BCUT2D eigenvalue weighted by molar-refractivity contribution is 6.12. The fourth-order valence-corrected chi connectivity index (χ4v) is 7.86. The third-order valence-electron chi connectivity index (χ3n) is 10.2. The fraction of sp³-hybridized carbons (Fsp3) is 0. The van der Waals surface area contributed by atoms with Gasteiger partial charge in [-0.25, -0.2) is 9.97 Å². The van der Waals surface area contributed by atoms with E-state index >= 15 is 0 Å². The molecule has 11 rings (SSSR count). The lowest BCUT2D eigenvalue weighted by Crippen LogP contribution is -2.00. The molecule has 0 saturated carbocycles. The number of aromatic nitrogens is 4. The van der Waals surface area contributed by atoms with Crippen molar-refractivity contribution in [3.8, 4) is 33.9 Å². The third-order valence-corrected chi connectivity index (χ3v) is 10.2. The molecule has 238 valence electrons. The van der Waals surface area contributed by atoms with Crippen LogP contribution in [0.1, 0.15) is 0 Å². The number of nitrogens with zero attached hydrogens (tertiary/aromatic N) is 4. The minimum Gasteiger partial charge on any atom is -0.453 e. The molecule has 0 amide bonds. The Hall–Kier alpha value is -6.98. The van der Waals surface area contributed by atoms with Crippen molar-refractivity contribution in [2.45, 2.75) is 0 Å². The van der Waals surface area contributed by atoms with Crippen LogP contribution in [-0.2, 0) is 0 Å². The molecule has 0 aliphatic rings. The van der Waals surface area contributed by atoms with Crippen LogP contribution in [0.25, 0.3) is 99.6 Å². The van der Waals surface area contributed by atoms with Gasteiger partial charge in [-0.1, -0.05) is 109 Å². The van der Waals surface area contributed by atoms with Gasteiger partial charge in [0.2, 0.25) is 5.95 Å². The Bertz CT molecular complexity index is 3150. The van der Waals surface area contributed by atoms with Gasteiger partial charge in [0.25, 0.3) is 0 Å². The van der Waals surface area contributed by atoms with Gasteiger partial charge < -0.3 is 8.98 Å². The minimum absolute atomic E-state index is 0.619. The highest BCUT2D eigenvalue weighted by Crippen LogP contribution is 2.38. The molecule has 5 heteroatoms.